The molecule has 2 heterocycles. The van der Waals surface area contributed by atoms with Gasteiger partial charge < -0.3 is 29.6 Å². The van der Waals surface area contributed by atoms with Crippen LogP contribution in [0.3, 0.4) is 0 Å². The minimum Gasteiger partial charge on any atom is -0.507 e. The first-order valence-electron chi connectivity index (χ1n) is 9.48. The molecule has 30 heavy (non-hydrogen) atoms. The molecule has 0 radical (unpaired) electrons. The molecule has 0 spiro atoms. The zero-order valence-corrected chi connectivity index (χ0v) is 16.9. The number of hydrogen-bond acceptors (Lipinski definition) is 7. The second-order valence-electron chi connectivity index (χ2n) is 7.88. The Morgan fingerprint density at radius 3 is 2.43 bits per heavy atom. The SMILES string of the molecule is C=C(C)[C@@H]1Cc2c(cc3oc4c(O)c(O)c(O)c(CC=C(C)C)c4c(=O)c3c2O)O1. The molecule has 7 nitrogen and oxygen atoms in total. The van der Waals surface area contributed by atoms with Crippen LogP contribution in [0.25, 0.3) is 21.9 Å². The highest BCUT2D eigenvalue weighted by molar-refractivity contribution is 6.00. The van der Waals surface area contributed by atoms with Gasteiger partial charge in [0, 0.05) is 23.6 Å². The van der Waals surface area contributed by atoms with E-state index in [-0.39, 0.29) is 45.8 Å². The first kappa shape index (κ1) is 19.7. The van der Waals surface area contributed by atoms with Crippen LogP contribution in [0.5, 0.6) is 28.7 Å². The second-order valence-corrected chi connectivity index (χ2v) is 7.88. The molecule has 1 aliphatic heterocycles. The van der Waals surface area contributed by atoms with Crippen molar-refractivity contribution in [2.75, 3.05) is 0 Å². The van der Waals surface area contributed by atoms with Gasteiger partial charge in [0.05, 0.1) is 5.39 Å². The molecule has 1 atom stereocenters. The van der Waals surface area contributed by atoms with Gasteiger partial charge in [0.1, 0.15) is 28.6 Å². The van der Waals surface area contributed by atoms with E-state index in [4.69, 9.17) is 9.15 Å². The van der Waals surface area contributed by atoms with Crippen LogP contribution in [0.2, 0.25) is 0 Å². The van der Waals surface area contributed by atoms with E-state index in [0.29, 0.717) is 17.7 Å². The summed E-state index contributed by atoms with van der Waals surface area (Å²) in [7, 11) is 0. The van der Waals surface area contributed by atoms with E-state index in [9.17, 15) is 25.2 Å². The van der Waals surface area contributed by atoms with Crippen LogP contribution >= 0.6 is 0 Å². The Hall–Kier alpha value is -3.61. The lowest BCUT2D eigenvalue weighted by Gasteiger charge is -2.13. The van der Waals surface area contributed by atoms with Gasteiger partial charge in [-0.05, 0) is 32.8 Å². The minimum atomic E-state index is -0.772. The van der Waals surface area contributed by atoms with Crippen LogP contribution < -0.4 is 10.2 Å². The molecule has 0 bridgehead atoms. The number of aromatic hydroxyl groups is 4. The number of rotatable bonds is 3. The van der Waals surface area contributed by atoms with Gasteiger partial charge in [0.15, 0.2) is 11.3 Å². The topological polar surface area (TPSA) is 120 Å². The molecule has 0 aliphatic carbocycles. The summed E-state index contributed by atoms with van der Waals surface area (Å²) in [6.45, 7) is 9.39. The number of allylic oxidation sites excluding steroid dienone is 2. The van der Waals surface area contributed by atoms with Crippen molar-refractivity contribution in [1.82, 2.24) is 0 Å². The molecule has 0 amide bonds. The Labute approximate surface area is 171 Å². The van der Waals surface area contributed by atoms with Crippen LogP contribution in [0.15, 0.2) is 39.1 Å². The van der Waals surface area contributed by atoms with Crippen molar-refractivity contribution in [3.05, 3.63) is 51.2 Å². The summed E-state index contributed by atoms with van der Waals surface area (Å²) < 4.78 is 11.5. The summed E-state index contributed by atoms with van der Waals surface area (Å²) in [5, 5.41) is 41.6. The standard InChI is InChI=1S/C23H22O7/c1-9(2)5-6-11-16-20(26)17-15(30-23(16)22(28)21(27)19(11)25)8-14-12(18(17)24)7-13(29-14)10(3)4/h5,8,13,24-25,27-28H,3,6-7H2,1-2,4H3/t13-/m0/s1. The normalized spacial score (nSPS) is 15.2. The lowest BCUT2D eigenvalue weighted by Crippen LogP contribution is -2.13. The lowest BCUT2D eigenvalue weighted by atomic mass is 9.98. The maximum atomic E-state index is 13.4. The number of benzene rings is 2. The Balaban J connectivity index is 2.11. The molecule has 0 unspecified atom stereocenters. The molecule has 2 aromatic carbocycles. The Bertz CT molecular complexity index is 1320. The highest BCUT2D eigenvalue weighted by Crippen LogP contribution is 2.47. The van der Waals surface area contributed by atoms with Crippen LogP contribution in [-0.2, 0) is 12.8 Å². The predicted octanol–water partition coefficient (Wildman–Crippen LogP) is 4.16. The molecule has 3 aromatic rings. The van der Waals surface area contributed by atoms with Gasteiger partial charge >= 0.3 is 0 Å². The zero-order chi connectivity index (χ0) is 21.9. The van der Waals surface area contributed by atoms with Crippen molar-refractivity contribution in [2.45, 2.75) is 39.7 Å². The number of fused-ring (bicyclic) bond motifs is 3. The summed E-state index contributed by atoms with van der Waals surface area (Å²) in [5.41, 5.74) is 1.40. The quantitative estimate of drug-likeness (QED) is 0.291. The minimum absolute atomic E-state index is 0.000306. The third-order valence-corrected chi connectivity index (χ3v) is 5.40. The summed E-state index contributed by atoms with van der Waals surface area (Å²) >= 11 is 0. The summed E-state index contributed by atoms with van der Waals surface area (Å²) in [6.07, 6.45) is 1.92. The maximum absolute atomic E-state index is 13.4. The molecule has 0 saturated heterocycles. The largest absolute Gasteiger partial charge is 0.507 e. The molecule has 0 fully saturated rings. The first-order chi connectivity index (χ1) is 14.1. The first-order valence-corrected chi connectivity index (χ1v) is 9.48. The predicted molar refractivity (Wildman–Crippen MR) is 113 cm³/mol. The third kappa shape index (κ3) is 2.77. The van der Waals surface area contributed by atoms with E-state index in [1.54, 1.807) is 6.08 Å². The van der Waals surface area contributed by atoms with E-state index < -0.39 is 22.7 Å². The number of phenols is 4. The van der Waals surface area contributed by atoms with Gasteiger partial charge in [-0.3, -0.25) is 4.79 Å². The van der Waals surface area contributed by atoms with E-state index in [2.05, 4.69) is 6.58 Å². The molecule has 1 aliphatic rings. The van der Waals surface area contributed by atoms with Gasteiger partial charge in [-0.1, -0.05) is 18.2 Å². The van der Waals surface area contributed by atoms with Crippen molar-refractivity contribution in [1.29, 1.82) is 0 Å². The van der Waals surface area contributed by atoms with Crippen LogP contribution in [0.1, 0.15) is 31.9 Å². The Kier molecular flexibility index (Phi) is 4.42. The maximum Gasteiger partial charge on any atom is 0.205 e. The smallest absolute Gasteiger partial charge is 0.205 e. The van der Waals surface area contributed by atoms with Crippen LogP contribution in [0.4, 0.5) is 0 Å². The van der Waals surface area contributed by atoms with Crippen molar-refractivity contribution in [3.63, 3.8) is 0 Å². The molecule has 7 heteroatoms. The third-order valence-electron chi connectivity index (χ3n) is 5.40. The van der Waals surface area contributed by atoms with Gasteiger partial charge in [0.2, 0.25) is 16.9 Å². The zero-order valence-electron chi connectivity index (χ0n) is 16.9. The summed E-state index contributed by atoms with van der Waals surface area (Å²) in [4.78, 5) is 13.4. The van der Waals surface area contributed by atoms with E-state index >= 15 is 0 Å². The summed E-state index contributed by atoms with van der Waals surface area (Å²) in [5.74, 6) is -2.02. The molecule has 1 aromatic heterocycles. The van der Waals surface area contributed by atoms with Crippen molar-refractivity contribution < 1.29 is 29.6 Å². The van der Waals surface area contributed by atoms with E-state index in [0.717, 1.165) is 11.1 Å². The van der Waals surface area contributed by atoms with Gasteiger partial charge in [-0.2, -0.15) is 0 Å². The molecular weight excluding hydrogens is 388 g/mol. The highest BCUT2D eigenvalue weighted by Gasteiger charge is 2.31. The van der Waals surface area contributed by atoms with Crippen LogP contribution in [-0.4, -0.2) is 26.5 Å². The summed E-state index contributed by atoms with van der Waals surface area (Å²) in [6, 6.07) is 1.48. The molecular formula is C23H22O7. The van der Waals surface area contributed by atoms with Crippen molar-refractivity contribution in [3.8, 4) is 28.7 Å². The fraction of sp³-hybridized carbons (Fsp3) is 0.261. The molecule has 0 saturated carbocycles. The van der Waals surface area contributed by atoms with Crippen molar-refractivity contribution in [2.24, 2.45) is 0 Å². The Morgan fingerprint density at radius 1 is 1.10 bits per heavy atom. The molecule has 4 rings (SSSR count). The molecule has 156 valence electrons. The van der Waals surface area contributed by atoms with Gasteiger partial charge in [-0.15, -0.1) is 0 Å². The lowest BCUT2D eigenvalue weighted by molar-refractivity contribution is 0.271. The Morgan fingerprint density at radius 2 is 1.80 bits per heavy atom. The van der Waals surface area contributed by atoms with Crippen LogP contribution in [0, 0.1) is 0 Å². The average Bonchev–Trinajstić information content (AvgIpc) is 3.11. The molecule has 4 N–H and O–H groups in total. The highest BCUT2D eigenvalue weighted by atomic mass is 16.5. The monoisotopic (exact) mass is 410 g/mol. The van der Waals surface area contributed by atoms with Gasteiger partial charge in [-0.25, -0.2) is 0 Å². The fourth-order valence-corrected chi connectivity index (χ4v) is 3.74. The number of phenolic OH excluding ortho intramolecular Hbond substituents is 4. The van der Waals surface area contributed by atoms with Gasteiger partial charge in [0.25, 0.3) is 0 Å². The van der Waals surface area contributed by atoms with E-state index in [1.165, 1.54) is 6.07 Å². The van der Waals surface area contributed by atoms with E-state index in [1.807, 2.05) is 20.8 Å². The fourth-order valence-electron chi connectivity index (χ4n) is 3.74. The van der Waals surface area contributed by atoms with Crippen molar-refractivity contribution >= 4 is 21.9 Å². The average molecular weight is 410 g/mol. The number of hydrogen-bond donors (Lipinski definition) is 4. The second kappa shape index (κ2) is 6.73. The number of ether oxygens (including phenoxy) is 1.